The summed E-state index contributed by atoms with van der Waals surface area (Å²) in [5.74, 6) is 1.29. The van der Waals surface area contributed by atoms with E-state index in [1.165, 1.54) is 4.88 Å². The lowest BCUT2D eigenvalue weighted by molar-refractivity contribution is -0.127. The third-order valence-corrected chi connectivity index (χ3v) is 5.86. The molecule has 0 bridgehead atoms. The van der Waals surface area contributed by atoms with Crippen LogP contribution in [-0.2, 0) is 4.79 Å². The number of hydrogen-bond acceptors (Lipinski definition) is 6. The van der Waals surface area contributed by atoms with Crippen LogP contribution in [0.4, 0.5) is 5.95 Å². The molecule has 4 aromatic rings. The van der Waals surface area contributed by atoms with Gasteiger partial charge in [-0.1, -0.05) is 12.1 Å². The van der Waals surface area contributed by atoms with E-state index in [1.54, 1.807) is 20.8 Å². The van der Waals surface area contributed by atoms with Crippen molar-refractivity contribution in [2.45, 2.75) is 19.4 Å². The van der Waals surface area contributed by atoms with Crippen molar-refractivity contribution in [3.63, 3.8) is 0 Å². The van der Waals surface area contributed by atoms with Crippen molar-refractivity contribution in [2.24, 2.45) is 0 Å². The van der Waals surface area contributed by atoms with E-state index in [-0.39, 0.29) is 11.9 Å². The van der Waals surface area contributed by atoms with E-state index >= 15 is 0 Å². The Kier molecular flexibility index (Phi) is 3.61. The van der Waals surface area contributed by atoms with E-state index in [2.05, 4.69) is 12.2 Å². The Morgan fingerprint density at radius 1 is 1.22 bits per heavy atom. The zero-order valence-electron chi connectivity index (χ0n) is 15.0. The fourth-order valence-electron chi connectivity index (χ4n) is 3.49. The quantitative estimate of drug-likeness (QED) is 0.593. The molecule has 1 aromatic carbocycles. The topological polar surface area (TPSA) is 75.4 Å². The van der Waals surface area contributed by atoms with Crippen LogP contribution in [0, 0.1) is 6.92 Å². The maximum absolute atomic E-state index is 12.3. The molecule has 4 heterocycles. The van der Waals surface area contributed by atoms with E-state index in [1.807, 2.05) is 42.8 Å². The molecule has 0 unspecified atom stereocenters. The van der Waals surface area contributed by atoms with Crippen molar-refractivity contribution in [3.05, 3.63) is 40.6 Å². The van der Waals surface area contributed by atoms with Crippen LogP contribution in [-0.4, -0.2) is 50.0 Å². The van der Waals surface area contributed by atoms with Gasteiger partial charge >= 0.3 is 0 Å². The second-order valence-electron chi connectivity index (χ2n) is 6.76. The van der Waals surface area contributed by atoms with Gasteiger partial charge in [0, 0.05) is 29.4 Å². The number of fused-ring (bicyclic) bond motifs is 3. The Balaban J connectivity index is 1.70. The number of carbonyl (C=O) groups is 1. The zero-order valence-corrected chi connectivity index (χ0v) is 15.8. The lowest BCUT2D eigenvalue weighted by Crippen LogP contribution is -2.32. The number of para-hydroxylation sites is 1. The van der Waals surface area contributed by atoms with Gasteiger partial charge in [-0.15, -0.1) is 16.4 Å². The summed E-state index contributed by atoms with van der Waals surface area (Å²) in [6, 6.07) is 9.61. The highest BCUT2D eigenvalue weighted by Gasteiger charge is 2.30. The second kappa shape index (κ2) is 6.02. The first-order valence-corrected chi connectivity index (χ1v) is 9.71. The number of carbonyl (C=O) groups excluding carboxylic acids is 1. The highest BCUT2D eigenvalue weighted by Crippen LogP contribution is 2.28. The Hall–Kier alpha value is -3.00. The van der Waals surface area contributed by atoms with Gasteiger partial charge in [-0.25, -0.2) is 9.97 Å². The van der Waals surface area contributed by atoms with Crippen molar-refractivity contribution in [1.29, 1.82) is 0 Å². The second-order valence-corrected chi connectivity index (χ2v) is 7.88. The van der Waals surface area contributed by atoms with Crippen LogP contribution in [0.15, 0.2) is 35.7 Å². The Bertz CT molecular complexity index is 1180. The molecule has 0 spiro atoms. The summed E-state index contributed by atoms with van der Waals surface area (Å²) in [6.45, 7) is 2.80. The first-order chi connectivity index (χ1) is 13.1. The first kappa shape index (κ1) is 16.2. The van der Waals surface area contributed by atoms with Gasteiger partial charge in [0.2, 0.25) is 11.9 Å². The number of nitrogens with zero attached hydrogens (tertiary/aromatic N) is 5. The van der Waals surface area contributed by atoms with E-state index < -0.39 is 0 Å². The monoisotopic (exact) mass is 378 g/mol. The number of thiophene rings is 1. The normalized spacial score (nSPS) is 17.3. The Morgan fingerprint density at radius 3 is 2.81 bits per heavy atom. The summed E-state index contributed by atoms with van der Waals surface area (Å²) in [7, 11) is 1.82. The fraction of sp³-hybridized carbons (Fsp3) is 0.263. The first-order valence-electron chi connectivity index (χ1n) is 8.83. The standard InChI is InChI=1S/C19H18N6OS/c1-11-12(8-10-27-11)16-22-17-13-5-3-4-6-14(13)20-19(25(17)23-16)21-15-7-9-24(2)18(15)26/h3-6,8,10,15H,7,9H2,1-2H3,(H,20,21)/t15-/m1/s1. The molecule has 0 saturated carbocycles. The lowest BCUT2D eigenvalue weighted by atomic mass is 10.2. The summed E-state index contributed by atoms with van der Waals surface area (Å²) in [6.07, 6.45) is 0.747. The number of aryl methyl sites for hydroxylation is 1. The fourth-order valence-corrected chi connectivity index (χ4v) is 4.19. The summed E-state index contributed by atoms with van der Waals surface area (Å²) >= 11 is 1.67. The smallest absolute Gasteiger partial charge is 0.244 e. The molecule has 1 aliphatic heterocycles. The number of rotatable bonds is 3. The summed E-state index contributed by atoms with van der Waals surface area (Å²) < 4.78 is 1.72. The van der Waals surface area contributed by atoms with Crippen molar-refractivity contribution >= 4 is 39.7 Å². The molecule has 1 fully saturated rings. The molecule has 1 aliphatic rings. The molecule has 0 aliphatic carbocycles. The number of likely N-dealkylation sites (tertiary alicyclic amines) is 1. The lowest BCUT2D eigenvalue weighted by Gasteiger charge is -2.14. The number of likely N-dealkylation sites (N-methyl/N-ethyl adjacent to an activating group) is 1. The molecule has 5 rings (SSSR count). The van der Waals surface area contributed by atoms with Gasteiger partial charge in [0.1, 0.15) is 6.04 Å². The number of anilines is 1. The molecule has 7 nitrogen and oxygen atoms in total. The average Bonchev–Trinajstić information content (AvgIpc) is 3.37. The zero-order chi connectivity index (χ0) is 18.5. The number of hydrogen-bond donors (Lipinski definition) is 1. The molecular formula is C19H18N6OS. The molecule has 0 radical (unpaired) electrons. The predicted octanol–water partition coefficient (Wildman–Crippen LogP) is 2.96. The van der Waals surface area contributed by atoms with Crippen LogP contribution < -0.4 is 5.32 Å². The maximum atomic E-state index is 12.3. The predicted molar refractivity (Wildman–Crippen MR) is 106 cm³/mol. The van der Waals surface area contributed by atoms with Crippen LogP contribution in [0.25, 0.3) is 27.9 Å². The molecule has 27 heavy (non-hydrogen) atoms. The highest BCUT2D eigenvalue weighted by atomic mass is 32.1. The summed E-state index contributed by atoms with van der Waals surface area (Å²) in [5, 5.41) is 11.0. The Morgan fingerprint density at radius 2 is 2.07 bits per heavy atom. The van der Waals surface area contributed by atoms with E-state index in [0.29, 0.717) is 11.8 Å². The molecule has 1 saturated heterocycles. The van der Waals surface area contributed by atoms with Gasteiger partial charge in [-0.05, 0) is 36.9 Å². The van der Waals surface area contributed by atoms with E-state index in [0.717, 1.165) is 35.1 Å². The van der Waals surface area contributed by atoms with Crippen LogP contribution in [0.2, 0.25) is 0 Å². The van der Waals surface area contributed by atoms with Gasteiger partial charge in [-0.3, -0.25) is 4.79 Å². The minimum atomic E-state index is -0.289. The van der Waals surface area contributed by atoms with Crippen molar-refractivity contribution < 1.29 is 4.79 Å². The van der Waals surface area contributed by atoms with Crippen LogP contribution in [0.5, 0.6) is 0 Å². The van der Waals surface area contributed by atoms with E-state index in [9.17, 15) is 4.79 Å². The molecule has 1 amide bonds. The van der Waals surface area contributed by atoms with Gasteiger partial charge in [-0.2, -0.15) is 4.52 Å². The number of aromatic nitrogens is 4. The molecule has 136 valence electrons. The van der Waals surface area contributed by atoms with Gasteiger partial charge < -0.3 is 10.2 Å². The molecule has 8 heteroatoms. The minimum absolute atomic E-state index is 0.0760. The third-order valence-electron chi connectivity index (χ3n) is 5.01. The third kappa shape index (κ3) is 2.56. The summed E-state index contributed by atoms with van der Waals surface area (Å²) in [4.78, 5) is 24.8. The molecular weight excluding hydrogens is 360 g/mol. The Labute approximate surface area is 159 Å². The number of amides is 1. The summed E-state index contributed by atoms with van der Waals surface area (Å²) in [5.41, 5.74) is 2.59. The largest absolute Gasteiger partial charge is 0.344 e. The van der Waals surface area contributed by atoms with Gasteiger partial charge in [0.05, 0.1) is 5.52 Å². The van der Waals surface area contributed by atoms with Crippen LogP contribution in [0.1, 0.15) is 11.3 Å². The average molecular weight is 378 g/mol. The van der Waals surface area contributed by atoms with Crippen molar-refractivity contribution in [3.8, 4) is 11.4 Å². The molecule has 3 aromatic heterocycles. The highest BCUT2D eigenvalue weighted by molar-refractivity contribution is 7.10. The van der Waals surface area contributed by atoms with Crippen LogP contribution in [0.3, 0.4) is 0 Å². The van der Waals surface area contributed by atoms with Crippen LogP contribution >= 0.6 is 11.3 Å². The maximum Gasteiger partial charge on any atom is 0.244 e. The number of benzene rings is 1. The van der Waals surface area contributed by atoms with Crippen molar-refractivity contribution in [1.82, 2.24) is 24.5 Å². The van der Waals surface area contributed by atoms with Crippen molar-refractivity contribution in [2.75, 3.05) is 18.9 Å². The molecule has 1 N–H and O–H groups in total. The van der Waals surface area contributed by atoms with E-state index in [4.69, 9.17) is 15.1 Å². The van der Waals surface area contributed by atoms with Gasteiger partial charge in [0.25, 0.3) is 0 Å². The number of nitrogens with one attached hydrogen (secondary N) is 1. The van der Waals surface area contributed by atoms with Gasteiger partial charge in [0.15, 0.2) is 11.5 Å². The minimum Gasteiger partial charge on any atom is -0.344 e. The molecule has 1 atom stereocenters. The SMILES string of the molecule is Cc1sccc1-c1nc2c3ccccc3nc(N[C@@H]3CCN(C)C3=O)n2n1.